The second-order valence-electron chi connectivity index (χ2n) is 3.66. The van der Waals surface area contributed by atoms with Gasteiger partial charge in [-0.05, 0) is 12.5 Å². The van der Waals surface area contributed by atoms with Crippen molar-refractivity contribution >= 4 is 11.5 Å². The lowest BCUT2D eigenvalue weighted by molar-refractivity contribution is -0.384. The fraction of sp³-hybridized carbons (Fsp3) is 0.300. The molecule has 0 saturated carbocycles. The molecule has 8 nitrogen and oxygen atoms in total. The zero-order chi connectivity index (χ0) is 13.0. The highest BCUT2D eigenvalue weighted by Crippen LogP contribution is 2.22. The van der Waals surface area contributed by atoms with Gasteiger partial charge in [0, 0.05) is 25.2 Å². The highest BCUT2D eigenvalue weighted by molar-refractivity contribution is 5.56. The van der Waals surface area contributed by atoms with E-state index in [1.165, 1.54) is 12.5 Å². The van der Waals surface area contributed by atoms with Gasteiger partial charge in [-0.15, -0.1) is 0 Å². The Balaban J connectivity index is 2.02. The minimum absolute atomic E-state index is 0.0388. The first-order valence-corrected chi connectivity index (χ1v) is 5.27. The summed E-state index contributed by atoms with van der Waals surface area (Å²) >= 11 is 0. The Morgan fingerprint density at radius 1 is 1.50 bits per heavy atom. The van der Waals surface area contributed by atoms with Gasteiger partial charge < -0.3 is 9.84 Å². The van der Waals surface area contributed by atoms with Gasteiger partial charge in [-0.25, -0.2) is 4.98 Å². The van der Waals surface area contributed by atoms with Crippen LogP contribution in [0, 0.1) is 17.0 Å². The van der Waals surface area contributed by atoms with E-state index in [0.29, 0.717) is 18.8 Å². The van der Waals surface area contributed by atoms with Crippen LogP contribution >= 0.6 is 0 Å². The van der Waals surface area contributed by atoms with Crippen molar-refractivity contribution in [1.82, 2.24) is 15.1 Å². The molecule has 2 aromatic rings. The first-order chi connectivity index (χ1) is 8.66. The Morgan fingerprint density at radius 3 is 3.00 bits per heavy atom. The third kappa shape index (κ3) is 2.78. The molecule has 0 aliphatic carbocycles. The quantitative estimate of drug-likeness (QED) is 0.629. The number of pyridine rings is 1. The molecule has 2 heterocycles. The molecule has 0 unspecified atom stereocenters. The third-order valence-corrected chi connectivity index (χ3v) is 2.25. The zero-order valence-corrected chi connectivity index (χ0v) is 9.66. The van der Waals surface area contributed by atoms with Gasteiger partial charge >= 0.3 is 5.69 Å². The fourth-order valence-electron chi connectivity index (χ4n) is 1.42. The smallest absolute Gasteiger partial charge is 0.311 e. The van der Waals surface area contributed by atoms with Gasteiger partial charge in [0.05, 0.1) is 4.92 Å². The van der Waals surface area contributed by atoms with Crippen LogP contribution in [0.25, 0.3) is 0 Å². The lowest BCUT2D eigenvalue weighted by atomic mass is 10.3. The predicted octanol–water partition coefficient (Wildman–Crippen LogP) is 1.34. The summed E-state index contributed by atoms with van der Waals surface area (Å²) in [6.45, 7) is 2.19. The maximum absolute atomic E-state index is 10.9. The number of hydrogen-bond acceptors (Lipinski definition) is 7. The number of anilines is 1. The minimum Gasteiger partial charge on any atom is -0.364 e. The van der Waals surface area contributed by atoms with Crippen molar-refractivity contribution in [3.8, 4) is 0 Å². The molecule has 2 aromatic heterocycles. The van der Waals surface area contributed by atoms with Gasteiger partial charge in [0.25, 0.3) is 0 Å². The van der Waals surface area contributed by atoms with Crippen LogP contribution in [0.4, 0.5) is 11.5 Å². The van der Waals surface area contributed by atoms with E-state index in [9.17, 15) is 10.1 Å². The summed E-state index contributed by atoms with van der Waals surface area (Å²) in [7, 11) is 0. The number of hydrogen-bond donors (Lipinski definition) is 1. The first kappa shape index (κ1) is 12.0. The Bertz CT molecular complexity index is 540. The summed E-state index contributed by atoms with van der Waals surface area (Å²) in [5, 5.41) is 17.4. The molecular formula is C10H11N5O3. The zero-order valence-electron chi connectivity index (χ0n) is 9.66. The van der Waals surface area contributed by atoms with Crippen LogP contribution in [-0.4, -0.2) is 26.6 Å². The van der Waals surface area contributed by atoms with Gasteiger partial charge in [0.15, 0.2) is 5.82 Å². The summed E-state index contributed by atoms with van der Waals surface area (Å²) in [5.41, 5.74) is 0.702. The van der Waals surface area contributed by atoms with E-state index in [-0.39, 0.29) is 11.5 Å². The summed E-state index contributed by atoms with van der Waals surface area (Å²) in [4.78, 5) is 18.2. The minimum atomic E-state index is -0.462. The summed E-state index contributed by atoms with van der Waals surface area (Å²) in [5.74, 6) is 0.784. The molecule has 0 aliphatic heterocycles. The second-order valence-corrected chi connectivity index (χ2v) is 3.66. The lowest BCUT2D eigenvalue weighted by Gasteiger charge is -2.05. The Hall–Kier alpha value is -2.51. The fourth-order valence-corrected chi connectivity index (χ4v) is 1.42. The van der Waals surface area contributed by atoms with E-state index in [1.54, 1.807) is 13.1 Å². The van der Waals surface area contributed by atoms with Crippen molar-refractivity contribution in [3.63, 3.8) is 0 Å². The Kier molecular flexibility index (Phi) is 3.46. The van der Waals surface area contributed by atoms with Gasteiger partial charge in [0.2, 0.25) is 12.2 Å². The van der Waals surface area contributed by atoms with Crippen LogP contribution in [0.5, 0.6) is 0 Å². The normalized spacial score (nSPS) is 10.3. The van der Waals surface area contributed by atoms with Crippen LogP contribution in [0.3, 0.4) is 0 Å². The standard InChI is InChI=1S/C10H11N5O3/c1-7-4-8(15(16)17)10(12-5-7)11-3-2-9-13-6-18-14-9/h4-6H,2-3H2,1H3,(H,11,12). The monoisotopic (exact) mass is 249 g/mol. The molecule has 0 bridgehead atoms. The average Bonchev–Trinajstić information content (AvgIpc) is 2.84. The molecule has 8 heteroatoms. The number of nitro groups is 1. The van der Waals surface area contributed by atoms with Crippen molar-refractivity contribution in [1.29, 1.82) is 0 Å². The van der Waals surface area contributed by atoms with Gasteiger partial charge in [0.1, 0.15) is 0 Å². The van der Waals surface area contributed by atoms with E-state index in [2.05, 4.69) is 25.0 Å². The first-order valence-electron chi connectivity index (χ1n) is 5.27. The highest BCUT2D eigenvalue weighted by atomic mass is 16.6. The van der Waals surface area contributed by atoms with E-state index in [0.717, 1.165) is 5.56 Å². The topological polar surface area (TPSA) is 107 Å². The number of nitrogens with zero attached hydrogens (tertiary/aromatic N) is 4. The maximum Gasteiger partial charge on any atom is 0.311 e. The van der Waals surface area contributed by atoms with Crippen molar-refractivity contribution in [3.05, 3.63) is 40.2 Å². The van der Waals surface area contributed by atoms with E-state index < -0.39 is 4.92 Å². The number of nitrogens with one attached hydrogen (secondary N) is 1. The molecular weight excluding hydrogens is 238 g/mol. The van der Waals surface area contributed by atoms with E-state index in [1.807, 2.05) is 0 Å². The van der Waals surface area contributed by atoms with E-state index >= 15 is 0 Å². The number of rotatable bonds is 5. The van der Waals surface area contributed by atoms with Gasteiger partial charge in [-0.2, -0.15) is 4.98 Å². The maximum atomic E-state index is 10.9. The molecule has 0 amide bonds. The molecule has 0 saturated heterocycles. The van der Waals surface area contributed by atoms with Crippen molar-refractivity contribution in [2.75, 3.05) is 11.9 Å². The second kappa shape index (κ2) is 5.21. The van der Waals surface area contributed by atoms with Gasteiger partial charge in [-0.3, -0.25) is 10.1 Å². The molecule has 0 radical (unpaired) electrons. The third-order valence-electron chi connectivity index (χ3n) is 2.25. The molecule has 0 aliphatic rings. The largest absolute Gasteiger partial charge is 0.364 e. The van der Waals surface area contributed by atoms with E-state index in [4.69, 9.17) is 0 Å². The SMILES string of the molecule is Cc1cnc(NCCc2ncon2)c([N+](=O)[O-])c1. The summed E-state index contributed by atoms with van der Waals surface area (Å²) in [6.07, 6.45) is 3.31. The number of aryl methyl sites for hydroxylation is 1. The Labute approximate surface area is 102 Å². The predicted molar refractivity (Wildman–Crippen MR) is 62.1 cm³/mol. The molecule has 0 atom stereocenters. The van der Waals surface area contributed by atoms with Crippen LogP contribution in [-0.2, 0) is 6.42 Å². The summed E-state index contributed by atoms with van der Waals surface area (Å²) < 4.78 is 4.58. The van der Waals surface area contributed by atoms with Crippen molar-refractivity contribution in [2.45, 2.75) is 13.3 Å². The molecule has 2 rings (SSSR count). The van der Waals surface area contributed by atoms with Crippen LogP contribution in [0.1, 0.15) is 11.4 Å². The average molecular weight is 249 g/mol. The van der Waals surface area contributed by atoms with Crippen molar-refractivity contribution < 1.29 is 9.45 Å². The molecule has 0 aromatic carbocycles. The molecule has 1 N–H and O–H groups in total. The van der Waals surface area contributed by atoms with Crippen LogP contribution in [0.2, 0.25) is 0 Å². The van der Waals surface area contributed by atoms with Crippen LogP contribution in [0.15, 0.2) is 23.2 Å². The molecule has 0 spiro atoms. The van der Waals surface area contributed by atoms with Crippen molar-refractivity contribution in [2.24, 2.45) is 0 Å². The van der Waals surface area contributed by atoms with Crippen LogP contribution < -0.4 is 5.32 Å². The molecule has 0 fully saturated rings. The highest BCUT2D eigenvalue weighted by Gasteiger charge is 2.14. The number of aromatic nitrogens is 3. The lowest BCUT2D eigenvalue weighted by Crippen LogP contribution is -2.09. The molecule has 18 heavy (non-hydrogen) atoms. The Morgan fingerprint density at radius 2 is 2.33 bits per heavy atom. The summed E-state index contributed by atoms with van der Waals surface area (Å²) in [6, 6.07) is 1.48. The molecule has 94 valence electrons. The van der Waals surface area contributed by atoms with Gasteiger partial charge in [-0.1, -0.05) is 5.16 Å².